The van der Waals surface area contributed by atoms with E-state index in [9.17, 15) is 4.39 Å². The fraction of sp³-hybridized carbons (Fsp3) is 0.400. The van der Waals surface area contributed by atoms with Crippen LogP contribution in [0.3, 0.4) is 0 Å². The number of hydrogen-bond donors (Lipinski definition) is 1. The standard InChI is InChI=1S/C15H18FN5/c1-17-14-18-13(11-7-3-4-8-12(11)16)19-15(20-14)21-9-5-2-6-10-21/h3-4,7-8H,2,5-6,9-10H2,1H3,(H,17,18,19,20). The fourth-order valence-corrected chi connectivity index (χ4v) is 2.47. The summed E-state index contributed by atoms with van der Waals surface area (Å²) in [4.78, 5) is 15.3. The predicted molar refractivity (Wildman–Crippen MR) is 80.8 cm³/mol. The molecule has 1 aromatic carbocycles. The molecule has 1 aliphatic rings. The predicted octanol–water partition coefficient (Wildman–Crippen LogP) is 2.71. The van der Waals surface area contributed by atoms with Crippen LogP contribution in [0.5, 0.6) is 0 Å². The Morgan fingerprint density at radius 2 is 1.81 bits per heavy atom. The molecule has 1 aliphatic heterocycles. The minimum Gasteiger partial charge on any atom is -0.357 e. The molecular weight excluding hydrogens is 269 g/mol. The van der Waals surface area contributed by atoms with E-state index in [1.807, 2.05) is 0 Å². The van der Waals surface area contributed by atoms with Gasteiger partial charge in [-0.2, -0.15) is 15.0 Å². The molecule has 110 valence electrons. The molecule has 0 bridgehead atoms. The van der Waals surface area contributed by atoms with Crippen molar-refractivity contribution in [2.75, 3.05) is 30.4 Å². The Morgan fingerprint density at radius 1 is 1.05 bits per heavy atom. The number of piperidine rings is 1. The van der Waals surface area contributed by atoms with Crippen molar-refractivity contribution in [3.8, 4) is 11.4 Å². The first-order valence-corrected chi connectivity index (χ1v) is 7.21. The van der Waals surface area contributed by atoms with Gasteiger partial charge in [-0.3, -0.25) is 0 Å². The topological polar surface area (TPSA) is 53.9 Å². The van der Waals surface area contributed by atoms with Gasteiger partial charge in [0.25, 0.3) is 0 Å². The summed E-state index contributed by atoms with van der Waals surface area (Å²) in [5, 5.41) is 2.92. The van der Waals surface area contributed by atoms with Crippen molar-refractivity contribution in [2.45, 2.75) is 19.3 Å². The van der Waals surface area contributed by atoms with Crippen molar-refractivity contribution in [3.63, 3.8) is 0 Å². The number of halogens is 1. The molecule has 0 spiro atoms. The van der Waals surface area contributed by atoms with Crippen LogP contribution in [-0.4, -0.2) is 35.1 Å². The average Bonchev–Trinajstić information content (AvgIpc) is 2.55. The average molecular weight is 287 g/mol. The molecule has 1 N–H and O–H groups in total. The van der Waals surface area contributed by atoms with Crippen LogP contribution < -0.4 is 10.2 Å². The quantitative estimate of drug-likeness (QED) is 0.940. The summed E-state index contributed by atoms with van der Waals surface area (Å²) < 4.78 is 14.0. The van der Waals surface area contributed by atoms with Crippen molar-refractivity contribution >= 4 is 11.9 Å². The highest BCUT2D eigenvalue weighted by atomic mass is 19.1. The van der Waals surface area contributed by atoms with Gasteiger partial charge in [0.05, 0.1) is 5.56 Å². The maximum atomic E-state index is 14.0. The molecule has 3 rings (SSSR count). The zero-order valence-corrected chi connectivity index (χ0v) is 12.0. The van der Waals surface area contributed by atoms with Gasteiger partial charge in [0.15, 0.2) is 5.82 Å². The molecule has 2 aromatic rings. The maximum absolute atomic E-state index is 14.0. The Labute approximate surface area is 123 Å². The Bertz CT molecular complexity index is 625. The van der Waals surface area contributed by atoms with Gasteiger partial charge < -0.3 is 10.2 Å². The van der Waals surface area contributed by atoms with Crippen LogP contribution in [-0.2, 0) is 0 Å². The monoisotopic (exact) mass is 287 g/mol. The number of aromatic nitrogens is 3. The Balaban J connectivity index is 2.02. The van der Waals surface area contributed by atoms with Crippen LogP contribution in [0.4, 0.5) is 16.3 Å². The molecule has 21 heavy (non-hydrogen) atoms. The molecule has 5 nitrogen and oxygen atoms in total. The van der Waals surface area contributed by atoms with Gasteiger partial charge >= 0.3 is 0 Å². The number of anilines is 2. The van der Waals surface area contributed by atoms with Gasteiger partial charge in [0, 0.05) is 20.1 Å². The molecule has 0 amide bonds. The van der Waals surface area contributed by atoms with E-state index in [1.165, 1.54) is 12.5 Å². The van der Waals surface area contributed by atoms with E-state index in [0.717, 1.165) is 25.9 Å². The second-order valence-electron chi connectivity index (χ2n) is 5.06. The van der Waals surface area contributed by atoms with Gasteiger partial charge in [0.1, 0.15) is 5.82 Å². The van der Waals surface area contributed by atoms with E-state index in [2.05, 4.69) is 25.2 Å². The lowest BCUT2D eigenvalue weighted by atomic mass is 10.1. The summed E-state index contributed by atoms with van der Waals surface area (Å²) in [5.74, 6) is 1.12. The van der Waals surface area contributed by atoms with Crippen LogP contribution in [0.25, 0.3) is 11.4 Å². The van der Waals surface area contributed by atoms with Crippen LogP contribution >= 0.6 is 0 Å². The lowest BCUT2D eigenvalue weighted by Gasteiger charge is -2.26. The van der Waals surface area contributed by atoms with Gasteiger partial charge in [0.2, 0.25) is 11.9 Å². The van der Waals surface area contributed by atoms with Crippen molar-refractivity contribution in [1.82, 2.24) is 15.0 Å². The van der Waals surface area contributed by atoms with E-state index in [-0.39, 0.29) is 5.82 Å². The molecule has 0 unspecified atom stereocenters. The Hall–Kier alpha value is -2.24. The molecule has 6 heteroatoms. The number of hydrogen-bond acceptors (Lipinski definition) is 5. The highest BCUT2D eigenvalue weighted by Gasteiger charge is 2.17. The second-order valence-corrected chi connectivity index (χ2v) is 5.06. The number of rotatable bonds is 3. The van der Waals surface area contributed by atoms with Crippen molar-refractivity contribution in [2.24, 2.45) is 0 Å². The third kappa shape index (κ3) is 2.94. The highest BCUT2D eigenvalue weighted by Crippen LogP contribution is 2.23. The van der Waals surface area contributed by atoms with E-state index in [4.69, 9.17) is 0 Å². The summed E-state index contributed by atoms with van der Waals surface area (Å²) in [5.41, 5.74) is 0.398. The number of nitrogens with zero attached hydrogens (tertiary/aromatic N) is 4. The molecule has 1 saturated heterocycles. The minimum atomic E-state index is -0.324. The van der Waals surface area contributed by atoms with Crippen LogP contribution in [0.2, 0.25) is 0 Å². The summed E-state index contributed by atoms with van der Waals surface area (Å²) in [6.45, 7) is 1.87. The molecule has 2 heterocycles. The first-order valence-electron chi connectivity index (χ1n) is 7.21. The van der Waals surface area contributed by atoms with Crippen molar-refractivity contribution in [1.29, 1.82) is 0 Å². The zero-order chi connectivity index (χ0) is 14.7. The smallest absolute Gasteiger partial charge is 0.230 e. The van der Waals surface area contributed by atoms with Gasteiger partial charge in [-0.25, -0.2) is 4.39 Å². The summed E-state index contributed by atoms with van der Waals surface area (Å²) >= 11 is 0. The molecule has 0 atom stereocenters. The molecular formula is C15H18FN5. The zero-order valence-electron chi connectivity index (χ0n) is 12.0. The first kappa shape index (κ1) is 13.7. The molecule has 0 saturated carbocycles. The Kier molecular flexibility index (Phi) is 3.94. The SMILES string of the molecule is CNc1nc(-c2ccccc2F)nc(N2CCCCC2)n1. The van der Waals surface area contributed by atoms with Crippen molar-refractivity contribution in [3.05, 3.63) is 30.1 Å². The molecule has 0 radical (unpaired) electrons. The third-order valence-electron chi connectivity index (χ3n) is 3.60. The molecule has 1 fully saturated rings. The van der Waals surface area contributed by atoms with E-state index in [0.29, 0.717) is 23.3 Å². The van der Waals surface area contributed by atoms with Crippen LogP contribution in [0.15, 0.2) is 24.3 Å². The first-order chi connectivity index (χ1) is 10.3. The summed E-state index contributed by atoms with van der Waals surface area (Å²) in [6, 6.07) is 6.54. The lowest BCUT2D eigenvalue weighted by molar-refractivity contribution is 0.567. The van der Waals surface area contributed by atoms with Crippen molar-refractivity contribution < 1.29 is 4.39 Å². The normalized spacial score (nSPS) is 15.0. The van der Waals surface area contributed by atoms with E-state index < -0.39 is 0 Å². The van der Waals surface area contributed by atoms with Gasteiger partial charge in [-0.1, -0.05) is 12.1 Å². The molecule has 0 aliphatic carbocycles. The highest BCUT2D eigenvalue weighted by molar-refractivity contribution is 5.59. The lowest BCUT2D eigenvalue weighted by Crippen LogP contribution is -2.31. The second kappa shape index (κ2) is 6.03. The minimum absolute atomic E-state index is 0.324. The number of benzene rings is 1. The third-order valence-corrected chi connectivity index (χ3v) is 3.60. The summed E-state index contributed by atoms with van der Waals surface area (Å²) in [7, 11) is 1.75. The van der Waals surface area contributed by atoms with Crippen LogP contribution in [0.1, 0.15) is 19.3 Å². The number of nitrogens with one attached hydrogen (secondary N) is 1. The Morgan fingerprint density at radius 3 is 2.52 bits per heavy atom. The van der Waals surface area contributed by atoms with Gasteiger partial charge in [-0.15, -0.1) is 0 Å². The van der Waals surface area contributed by atoms with E-state index >= 15 is 0 Å². The van der Waals surface area contributed by atoms with E-state index in [1.54, 1.807) is 25.2 Å². The summed E-state index contributed by atoms with van der Waals surface area (Å²) in [6.07, 6.45) is 3.51. The van der Waals surface area contributed by atoms with Gasteiger partial charge in [-0.05, 0) is 31.4 Å². The maximum Gasteiger partial charge on any atom is 0.230 e. The molecule has 1 aromatic heterocycles. The largest absolute Gasteiger partial charge is 0.357 e. The van der Waals surface area contributed by atoms with Crippen LogP contribution in [0, 0.1) is 5.82 Å². The fourth-order valence-electron chi connectivity index (χ4n) is 2.47.